The second-order valence-corrected chi connectivity index (χ2v) is 8.56. The molecule has 0 bridgehead atoms. The third kappa shape index (κ3) is 4.95. The Morgan fingerprint density at radius 3 is 2.55 bits per heavy atom. The normalized spacial score (nSPS) is 28.1. The van der Waals surface area contributed by atoms with E-state index >= 15 is 0 Å². The Morgan fingerprint density at radius 1 is 1.23 bits per heavy atom. The molecule has 0 aliphatic heterocycles. The van der Waals surface area contributed by atoms with Crippen LogP contribution in [0.2, 0.25) is 0 Å². The van der Waals surface area contributed by atoms with Crippen LogP contribution in [0, 0.1) is 34.1 Å². The van der Waals surface area contributed by atoms with Crippen molar-refractivity contribution in [1.82, 2.24) is 0 Å². The van der Waals surface area contributed by atoms with Gasteiger partial charge >= 0.3 is 5.97 Å². The fourth-order valence-corrected chi connectivity index (χ4v) is 4.73. The van der Waals surface area contributed by atoms with Crippen LogP contribution < -0.4 is 15.9 Å². The summed E-state index contributed by atoms with van der Waals surface area (Å²) in [5.41, 5.74) is 5.66. The van der Waals surface area contributed by atoms with Crippen LogP contribution in [0.4, 0.5) is 17.1 Å². The number of nitrogens with one attached hydrogen (secondary N) is 3. The standard InChI is InChI=1S/C21H30N4O6/c1-12-4-9-19(16-7-5-14(10-17(12)16)13(2)21(26)27)23(3)22-18-8-6-15(24(28)29)11-20(18)25(30)31/h6,8,10-14,16,22,24-25,28,30H,4-5,7,9H2,1-3H3/p+1/b23-19-. The minimum Gasteiger partial charge on any atom is -0.595 e. The van der Waals surface area contributed by atoms with E-state index in [1.807, 2.05) is 11.7 Å². The van der Waals surface area contributed by atoms with Crippen LogP contribution in [0.5, 0.6) is 0 Å². The molecule has 31 heavy (non-hydrogen) atoms. The van der Waals surface area contributed by atoms with Gasteiger partial charge in [0.1, 0.15) is 0 Å². The Balaban J connectivity index is 1.91. The maximum atomic E-state index is 11.7. The van der Waals surface area contributed by atoms with Crippen LogP contribution in [0.3, 0.4) is 0 Å². The number of carboxylic acids is 1. The predicted octanol–water partition coefficient (Wildman–Crippen LogP) is 1.01. The summed E-state index contributed by atoms with van der Waals surface area (Å²) in [4.78, 5) is 11.4. The Hall–Kier alpha value is -2.34. The number of nitrogens with zero attached hydrogens (tertiary/aromatic N) is 1. The molecule has 0 spiro atoms. The van der Waals surface area contributed by atoms with E-state index in [0.717, 1.165) is 37.5 Å². The number of fused-ring (bicyclic) bond motifs is 1. The van der Waals surface area contributed by atoms with Gasteiger partial charge in [0.05, 0.1) is 17.9 Å². The van der Waals surface area contributed by atoms with Crippen molar-refractivity contribution < 1.29 is 35.5 Å². The summed E-state index contributed by atoms with van der Waals surface area (Å²) < 4.78 is 1.84. The first-order valence-corrected chi connectivity index (χ1v) is 10.5. The Labute approximate surface area is 180 Å². The maximum absolute atomic E-state index is 11.7. The third-order valence-corrected chi connectivity index (χ3v) is 6.65. The van der Waals surface area contributed by atoms with E-state index in [2.05, 4.69) is 18.4 Å². The molecule has 0 saturated heterocycles. The molecule has 6 N–H and O–H groups in total. The summed E-state index contributed by atoms with van der Waals surface area (Å²) in [6.45, 7) is 3.93. The Kier molecular flexibility index (Phi) is 7.10. The van der Waals surface area contributed by atoms with Gasteiger partial charge in [-0.2, -0.15) is 15.9 Å². The topological polar surface area (TPSA) is 148 Å². The highest BCUT2D eigenvalue weighted by molar-refractivity contribution is 5.87. The number of quaternary nitrogens is 2. The monoisotopic (exact) mass is 435 g/mol. The lowest BCUT2D eigenvalue weighted by Crippen LogP contribution is -3.00. The largest absolute Gasteiger partial charge is 0.595 e. The molecule has 0 radical (unpaired) electrons. The number of allylic oxidation sites excluding steroid dienone is 2. The molecule has 0 amide bonds. The number of hydrogen-bond donors (Lipinski definition) is 6. The molecule has 10 heteroatoms. The van der Waals surface area contributed by atoms with Gasteiger partial charge in [-0.1, -0.05) is 25.5 Å². The van der Waals surface area contributed by atoms with E-state index in [9.17, 15) is 25.5 Å². The van der Waals surface area contributed by atoms with E-state index in [1.165, 1.54) is 17.7 Å². The lowest BCUT2D eigenvalue weighted by molar-refractivity contribution is -0.996. The lowest BCUT2D eigenvalue weighted by Gasteiger charge is -2.36. The molecule has 2 aliphatic rings. The zero-order chi connectivity index (χ0) is 22.9. The van der Waals surface area contributed by atoms with Gasteiger partial charge in [-0.25, -0.2) is 10.4 Å². The van der Waals surface area contributed by atoms with Crippen molar-refractivity contribution in [2.24, 2.45) is 23.7 Å². The molecule has 1 fully saturated rings. The first-order chi connectivity index (χ1) is 14.6. The average Bonchev–Trinajstić information content (AvgIpc) is 2.73. The lowest BCUT2D eigenvalue weighted by atomic mass is 9.67. The van der Waals surface area contributed by atoms with Crippen LogP contribution in [0.1, 0.15) is 39.5 Å². The second-order valence-electron chi connectivity index (χ2n) is 8.56. The zero-order valence-corrected chi connectivity index (χ0v) is 18.0. The van der Waals surface area contributed by atoms with Gasteiger partial charge < -0.3 is 15.5 Å². The van der Waals surface area contributed by atoms with E-state index in [4.69, 9.17) is 5.21 Å². The number of aliphatic carboxylic acids is 1. The van der Waals surface area contributed by atoms with Crippen molar-refractivity contribution in [2.45, 2.75) is 39.5 Å². The van der Waals surface area contributed by atoms with E-state index in [-0.39, 0.29) is 23.2 Å². The van der Waals surface area contributed by atoms with Crippen molar-refractivity contribution in [1.29, 1.82) is 0 Å². The van der Waals surface area contributed by atoms with E-state index in [0.29, 0.717) is 11.6 Å². The first kappa shape index (κ1) is 23.3. The number of benzene rings is 1. The predicted molar refractivity (Wildman–Crippen MR) is 112 cm³/mol. The third-order valence-electron chi connectivity index (χ3n) is 6.65. The highest BCUT2D eigenvalue weighted by Gasteiger charge is 2.40. The van der Waals surface area contributed by atoms with Crippen LogP contribution in [-0.4, -0.2) is 38.9 Å². The molecular formula is C21H31N4O6+. The SMILES string of the molecule is CC1CC/C(=[N+](\C)Nc2ccc([NH+]([O-])O)cc2[NH+]([O-])O)C2CCC(C(C)C(=O)O)C=C12. The fourth-order valence-electron chi connectivity index (χ4n) is 4.73. The number of carbonyl (C=O) groups is 1. The van der Waals surface area contributed by atoms with Gasteiger partial charge in [0.15, 0.2) is 29.8 Å². The minimum atomic E-state index is -1.20. The number of anilines is 1. The van der Waals surface area contributed by atoms with Crippen LogP contribution in [0.25, 0.3) is 0 Å². The van der Waals surface area contributed by atoms with Crippen molar-refractivity contribution in [3.8, 4) is 0 Å². The van der Waals surface area contributed by atoms with Crippen molar-refractivity contribution in [3.63, 3.8) is 0 Å². The van der Waals surface area contributed by atoms with Gasteiger partial charge in [0, 0.05) is 12.5 Å². The first-order valence-electron chi connectivity index (χ1n) is 10.5. The quantitative estimate of drug-likeness (QED) is 0.222. The van der Waals surface area contributed by atoms with E-state index in [1.54, 1.807) is 6.92 Å². The molecule has 1 aromatic rings. The van der Waals surface area contributed by atoms with Crippen LogP contribution in [0.15, 0.2) is 29.8 Å². The molecule has 0 aromatic heterocycles. The smallest absolute Gasteiger partial charge is 0.306 e. The van der Waals surface area contributed by atoms with Crippen LogP contribution in [-0.2, 0) is 4.79 Å². The van der Waals surface area contributed by atoms with Crippen molar-refractivity contribution in [2.75, 3.05) is 12.5 Å². The van der Waals surface area contributed by atoms with Gasteiger partial charge in [0.25, 0.3) is 0 Å². The van der Waals surface area contributed by atoms with Crippen molar-refractivity contribution >= 4 is 28.7 Å². The number of hydrogen-bond acceptors (Lipinski definition) is 6. The van der Waals surface area contributed by atoms with Gasteiger partial charge in [-0.05, 0) is 37.2 Å². The second kappa shape index (κ2) is 9.43. The Morgan fingerprint density at radius 2 is 1.94 bits per heavy atom. The highest BCUT2D eigenvalue weighted by atomic mass is 16.8. The molecule has 6 unspecified atom stereocenters. The molecule has 0 heterocycles. The van der Waals surface area contributed by atoms with Gasteiger partial charge in [-0.15, -0.1) is 4.68 Å². The summed E-state index contributed by atoms with van der Waals surface area (Å²) >= 11 is 0. The number of carboxylic acid groups (broad SMARTS) is 1. The van der Waals surface area contributed by atoms with Crippen molar-refractivity contribution in [3.05, 3.63) is 40.3 Å². The van der Waals surface area contributed by atoms with Gasteiger partial charge in [-0.3, -0.25) is 4.79 Å². The summed E-state index contributed by atoms with van der Waals surface area (Å²) in [5.74, 6) is -0.628. The number of hydrazine groups is 1. The Bertz CT molecular complexity index is 898. The van der Waals surface area contributed by atoms with E-state index < -0.39 is 22.3 Å². The minimum absolute atomic E-state index is 0.0194. The summed E-state index contributed by atoms with van der Waals surface area (Å²) in [6.07, 6.45) is 5.57. The molecule has 2 aliphatic carbocycles. The highest BCUT2D eigenvalue weighted by Crippen LogP contribution is 2.42. The summed E-state index contributed by atoms with van der Waals surface area (Å²) in [5, 5.41) is 48.5. The number of rotatable bonds is 6. The fraction of sp³-hybridized carbons (Fsp3) is 0.524. The molecule has 10 nitrogen and oxygen atoms in total. The maximum Gasteiger partial charge on any atom is 0.306 e. The summed E-state index contributed by atoms with van der Waals surface area (Å²) in [7, 11) is 1.84. The number of hydrazone groups is 1. The summed E-state index contributed by atoms with van der Waals surface area (Å²) in [6, 6.07) is 4.00. The molecule has 1 saturated carbocycles. The molecule has 3 rings (SSSR count). The van der Waals surface area contributed by atoms with Crippen LogP contribution >= 0.6 is 0 Å². The molecule has 6 atom stereocenters. The molecule has 170 valence electrons. The molecular weight excluding hydrogens is 404 g/mol. The van der Waals surface area contributed by atoms with Gasteiger partial charge in [0.2, 0.25) is 0 Å². The molecule has 1 aromatic carbocycles. The average molecular weight is 436 g/mol. The zero-order valence-electron chi connectivity index (χ0n) is 18.0.